The molecule has 0 atom stereocenters. The van der Waals surface area contributed by atoms with Gasteiger partial charge in [0.2, 0.25) is 0 Å². The molecule has 0 radical (unpaired) electrons. The summed E-state index contributed by atoms with van der Waals surface area (Å²) in [6, 6.07) is 40.5. The van der Waals surface area contributed by atoms with Crippen molar-refractivity contribution in [3.8, 4) is 33.8 Å². The van der Waals surface area contributed by atoms with Crippen LogP contribution >= 0.6 is 0 Å². The summed E-state index contributed by atoms with van der Waals surface area (Å²) in [4.78, 5) is 26.2. The van der Waals surface area contributed by atoms with Gasteiger partial charge in [0, 0.05) is 0 Å². The first kappa shape index (κ1) is 22.8. The number of esters is 2. The summed E-state index contributed by atoms with van der Waals surface area (Å²) >= 11 is 0. The Balaban J connectivity index is 1.54. The lowest BCUT2D eigenvalue weighted by Gasteiger charge is -2.13. The monoisotopic (exact) mass is 470 g/mol. The molecule has 5 aromatic carbocycles. The standard InChI is InChI=1S/C32H22O4/c33-31(35-27-15-6-2-7-16-27)26-19-20-29(30(22-26)32(34)36-28-17-8-3-9-18-28)25-14-10-13-24(21-25)23-11-4-1-5-12-23/h1-22H. The molecule has 36 heavy (non-hydrogen) atoms. The Morgan fingerprint density at radius 2 is 0.972 bits per heavy atom. The SMILES string of the molecule is O=C(Oc1ccccc1)c1ccc(-c2cccc(-c3ccccc3)c2)c(C(=O)Oc2ccccc2)c1. The van der Waals surface area contributed by atoms with Crippen LogP contribution < -0.4 is 9.47 Å². The highest BCUT2D eigenvalue weighted by Crippen LogP contribution is 2.30. The molecule has 0 spiro atoms. The van der Waals surface area contributed by atoms with Gasteiger partial charge in [-0.3, -0.25) is 0 Å². The number of hydrogen-bond donors (Lipinski definition) is 0. The first-order valence-electron chi connectivity index (χ1n) is 11.5. The van der Waals surface area contributed by atoms with E-state index in [9.17, 15) is 9.59 Å². The van der Waals surface area contributed by atoms with Gasteiger partial charge in [-0.1, -0.05) is 91.0 Å². The highest BCUT2D eigenvalue weighted by molar-refractivity contribution is 6.02. The normalized spacial score (nSPS) is 10.4. The first-order chi connectivity index (χ1) is 17.7. The molecule has 174 valence electrons. The van der Waals surface area contributed by atoms with Gasteiger partial charge in [-0.15, -0.1) is 0 Å². The van der Waals surface area contributed by atoms with Crippen molar-refractivity contribution in [1.29, 1.82) is 0 Å². The number of hydrogen-bond acceptors (Lipinski definition) is 4. The van der Waals surface area contributed by atoms with E-state index in [1.54, 1.807) is 60.7 Å². The predicted octanol–water partition coefficient (Wildman–Crippen LogP) is 7.46. The summed E-state index contributed by atoms with van der Waals surface area (Å²) in [5.41, 5.74) is 4.09. The Bertz CT molecular complexity index is 1490. The summed E-state index contributed by atoms with van der Waals surface area (Å²) in [6.07, 6.45) is 0. The number of para-hydroxylation sites is 2. The average Bonchev–Trinajstić information content (AvgIpc) is 2.94. The molecule has 0 N–H and O–H groups in total. The fourth-order valence-corrected chi connectivity index (χ4v) is 3.89. The molecule has 5 aromatic rings. The summed E-state index contributed by atoms with van der Waals surface area (Å²) in [7, 11) is 0. The van der Waals surface area contributed by atoms with Crippen molar-refractivity contribution < 1.29 is 19.1 Å². The number of benzene rings is 5. The average molecular weight is 471 g/mol. The van der Waals surface area contributed by atoms with Crippen LogP contribution in [-0.4, -0.2) is 11.9 Å². The van der Waals surface area contributed by atoms with Crippen LogP contribution in [0.1, 0.15) is 20.7 Å². The number of carbonyl (C=O) groups excluding carboxylic acids is 2. The van der Waals surface area contributed by atoms with Gasteiger partial charge in [0.25, 0.3) is 0 Å². The van der Waals surface area contributed by atoms with Gasteiger partial charge < -0.3 is 9.47 Å². The molecule has 4 heteroatoms. The van der Waals surface area contributed by atoms with Gasteiger partial charge in [0.15, 0.2) is 0 Å². The summed E-state index contributed by atoms with van der Waals surface area (Å²) in [6.45, 7) is 0. The van der Waals surface area contributed by atoms with Crippen LogP contribution in [0.25, 0.3) is 22.3 Å². The lowest BCUT2D eigenvalue weighted by Crippen LogP contribution is -2.14. The fourth-order valence-electron chi connectivity index (χ4n) is 3.89. The quantitative estimate of drug-likeness (QED) is 0.191. The molecule has 0 aliphatic heterocycles. The maximum Gasteiger partial charge on any atom is 0.344 e. The van der Waals surface area contributed by atoms with Gasteiger partial charge in [-0.2, -0.15) is 0 Å². The van der Waals surface area contributed by atoms with Crippen molar-refractivity contribution in [3.63, 3.8) is 0 Å². The minimum atomic E-state index is -0.560. The van der Waals surface area contributed by atoms with Crippen molar-refractivity contribution >= 4 is 11.9 Å². The van der Waals surface area contributed by atoms with Gasteiger partial charge >= 0.3 is 11.9 Å². The van der Waals surface area contributed by atoms with E-state index in [-0.39, 0.29) is 11.1 Å². The maximum atomic E-state index is 13.3. The molecule has 5 rings (SSSR count). The van der Waals surface area contributed by atoms with Crippen molar-refractivity contribution in [2.75, 3.05) is 0 Å². The Hall–Kier alpha value is -4.96. The molecule has 4 nitrogen and oxygen atoms in total. The minimum absolute atomic E-state index is 0.252. The molecule has 0 saturated carbocycles. The number of ether oxygens (including phenoxy) is 2. The third kappa shape index (κ3) is 5.24. The van der Waals surface area contributed by atoms with Gasteiger partial charge in [-0.25, -0.2) is 9.59 Å². The summed E-state index contributed by atoms with van der Waals surface area (Å²) in [5, 5.41) is 0. The minimum Gasteiger partial charge on any atom is -0.423 e. The van der Waals surface area contributed by atoms with Gasteiger partial charge in [-0.05, 0) is 64.7 Å². The summed E-state index contributed by atoms with van der Waals surface area (Å²) in [5.74, 6) is -0.269. The maximum absolute atomic E-state index is 13.3. The van der Waals surface area contributed by atoms with Crippen LogP contribution in [0.3, 0.4) is 0 Å². The van der Waals surface area contributed by atoms with Crippen LogP contribution in [0.2, 0.25) is 0 Å². The van der Waals surface area contributed by atoms with Crippen molar-refractivity contribution in [3.05, 3.63) is 145 Å². The Kier molecular flexibility index (Phi) is 6.68. The van der Waals surface area contributed by atoms with Gasteiger partial charge in [0.05, 0.1) is 11.1 Å². The van der Waals surface area contributed by atoms with Crippen LogP contribution in [0.5, 0.6) is 11.5 Å². The first-order valence-corrected chi connectivity index (χ1v) is 11.5. The van der Waals surface area contributed by atoms with E-state index in [0.29, 0.717) is 17.1 Å². The lowest BCUT2D eigenvalue weighted by molar-refractivity contribution is 0.0734. The number of carbonyl (C=O) groups is 2. The molecule has 0 unspecified atom stereocenters. The lowest BCUT2D eigenvalue weighted by atomic mass is 9.94. The van der Waals surface area contributed by atoms with Crippen molar-refractivity contribution in [2.45, 2.75) is 0 Å². The van der Waals surface area contributed by atoms with Crippen LogP contribution in [-0.2, 0) is 0 Å². The molecule has 0 amide bonds. The zero-order valence-corrected chi connectivity index (χ0v) is 19.3. The third-order valence-electron chi connectivity index (χ3n) is 5.66. The predicted molar refractivity (Wildman–Crippen MR) is 140 cm³/mol. The van der Waals surface area contributed by atoms with E-state index < -0.39 is 11.9 Å². The second kappa shape index (κ2) is 10.5. The van der Waals surface area contributed by atoms with E-state index in [4.69, 9.17) is 9.47 Å². The topological polar surface area (TPSA) is 52.6 Å². The van der Waals surface area contributed by atoms with Gasteiger partial charge in [0.1, 0.15) is 11.5 Å². The Labute approximate surface area is 209 Å². The third-order valence-corrected chi connectivity index (χ3v) is 5.66. The van der Waals surface area contributed by atoms with E-state index in [1.807, 2.05) is 66.7 Å². The smallest absolute Gasteiger partial charge is 0.344 e. The van der Waals surface area contributed by atoms with Crippen LogP contribution in [0, 0.1) is 0 Å². The molecule has 0 bridgehead atoms. The summed E-state index contributed by atoms with van der Waals surface area (Å²) < 4.78 is 11.1. The largest absolute Gasteiger partial charge is 0.423 e. The highest BCUT2D eigenvalue weighted by atomic mass is 16.5. The molecular weight excluding hydrogens is 448 g/mol. The molecule has 0 saturated heterocycles. The fraction of sp³-hybridized carbons (Fsp3) is 0. The second-order valence-electron chi connectivity index (χ2n) is 8.11. The number of rotatable bonds is 6. The van der Waals surface area contributed by atoms with Crippen molar-refractivity contribution in [2.24, 2.45) is 0 Å². The molecule has 0 heterocycles. The highest BCUT2D eigenvalue weighted by Gasteiger charge is 2.20. The molecule has 0 fully saturated rings. The molecular formula is C32H22O4. The Morgan fingerprint density at radius 3 is 1.61 bits per heavy atom. The zero-order valence-electron chi connectivity index (χ0n) is 19.3. The van der Waals surface area contributed by atoms with Crippen LogP contribution in [0.15, 0.2) is 133 Å². The zero-order chi connectivity index (χ0) is 24.7. The van der Waals surface area contributed by atoms with E-state index in [2.05, 4.69) is 0 Å². The van der Waals surface area contributed by atoms with E-state index >= 15 is 0 Å². The van der Waals surface area contributed by atoms with E-state index in [0.717, 1.165) is 16.7 Å². The Morgan fingerprint density at radius 1 is 0.444 bits per heavy atom. The van der Waals surface area contributed by atoms with Crippen molar-refractivity contribution in [1.82, 2.24) is 0 Å². The van der Waals surface area contributed by atoms with Crippen LogP contribution in [0.4, 0.5) is 0 Å². The van der Waals surface area contributed by atoms with E-state index in [1.165, 1.54) is 6.07 Å². The second-order valence-corrected chi connectivity index (χ2v) is 8.11. The molecule has 0 aliphatic rings. The molecule has 0 aliphatic carbocycles. The molecule has 0 aromatic heterocycles.